The number of halogens is 1. The van der Waals surface area contributed by atoms with Gasteiger partial charge in [0.1, 0.15) is 5.75 Å². The molecule has 1 saturated heterocycles. The van der Waals surface area contributed by atoms with Crippen molar-refractivity contribution in [3.05, 3.63) is 35.5 Å². The van der Waals surface area contributed by atoms with Crippen LogP contribution in [0, 0.1) is 0 Å². The van der Waals surface area contributed by atoms with Crippen LogP contribution in [0.3, 0.4) is 0 Å². The van der Waals surface area contributed by atoms with Crippen molar-refractivity contribution in [2.24, 2.45) is 0 Å². The lowest BCUT2D eigenvalue weighted by molar-refractivity contribution is -0.131. The summed E-state index contributed by atoms with van der Waals surface area (Å²) in [6, 6.07) is 7.08. The number of hydrogen-bond donors (Lipinski definition) is 1. The van der Waals surface area contributed by atoms with Gasteiger partial charge in [-0.15, -0.1) is 0 Å². The minimum Gasteiger partial charge on any atom is -0.452 e. The van der Waals surface area contributed by atoms with E-state index in [-0.39, 0.29) is 11.9 Å². The number of aromatic nitrogens is 2. The highest BCUT2D eigenvalue weighted by Gasteiger charge is 2.24. The monoisotopic (exact) mass is 375 g/mol. The van der Waals surface area contributed by atoms with Gasteiger partial charge in [0.15, 0.2) is 11.6 Å². The van der Waals surface area contributed by atoms with E-state index in [9.17, 15) is 4.79 Å². The maximum Gasteiger partial charge on any atom is 0.222 e. The van der Waals surface area contributed by atoms with Gasteiger partial charge in [-0.1, -0.05) is 18.5 Å². The Hall–Kier alpha value is -2.54. The summed E-state index contributed by atoms with van der Waals surface area (Å²) in [5.41, 5.74) is 5.78. The molecule has 138 valence electrons. The zero-order chi connectivity index (χ0) is 18.5. The van der Waals surface area contributed by atoms with E-state index < -0.39 is 0 Å². The van der Waals surface area contributed by atoms with Gasteiger partial charge in [0, 0.05) is 37.6 Å². The summed E-state index contributed by atoms with van der Waals surface area (Å²) in [6.45, 7) is 4.66. The van der Waals surface area contributed by atoms with Gasteiger partial charge >= 0.3 is 0 Å². The molecule has 1 amide bonds. The van der Waals surface area contributed by atoms with Crippen LogP contribution in [-0.2, 0) is 4.79 Å². The Kier molecular flexibility index (Phi) is 5.78. The average Bonchev–Trinajstić information content (AvgIpc) is 2.65. The van der Waals surface area contributed by atoms with Crippen molar-refractivity contribution in [3.63, 3.8) is 0 Å². The molecule has 1 aliphatic rings. The predicted octanol–water partition coefficient (Wildman–Crippen LogP) is 2.95. The molecular weight excluding hydrogens is 354 g/mol. The third-order valence-corrected chi connectivity index (χ3v) is 4.44. The fourth-order valence-electron chi connectivity index (χ4n) is 2.84. The molecule has 0 spiro atoms. The summed E-state index contributed by atoms with van der Waals surface area (Å²) in [6.07, 6.45) is 3.02. The van der Waals surface area contributed by atoms with Crippen LogP contribution in [0.4, 0.5) is 11.8 Å². The van der Waals surface area contributed by atoms with Gasteiger partial charge in [-0.2, -0.15) is 4.98 Å². The number of amides is 1. The van der Waals surface area contributed by atoms with Gasteiger partial charge < -0.3 is 20.3 Å². The Morgan fingerprint density at radius 1 is 1.23 bits per heavy atom. The summed E-state index contributed by atoms with van der Waals surface area (Å²) >= 11 is 5.91. The van der Waals surface area contributed by atoms with E-state index in [2.05, 4.69) is 14.9 Å². The van der Waals surface area contributed by atoms with Crippen molar-refractivity contribution in [2.45, 2.75) is 19.8 Å². The Morgan fingerprint density at radius 3 is 2.58 bits per heavy atom. The lowest BCUT2D eigenvalue weighted by atomic mass is 10.2. The number of ether oxygens (including phenoxy) is 1. The molecule has 2 N–H and O–H groups in total. The molecule has 8 heteroatoms. The molecule has 1 aliphatic heterocycles. The van der Waals surface area contributed by atoms with Crippen LogP contribution in [0.15, 0.2) is 30.5 Å². The van der Waals surface area contributed by atoms with E-state index in [0.717, 1.165) is 6.42 Å². The fourth-order valence-corrected chi connectivity index (χ4v) is 2.97. The quantitative estimate of drug-likeness (QED) is 0.864. The summed E-state index contributed by atoms with van der Waals surface area (Å²) in [4.78, 5) is 24.4. The highest BCUT2D eigenvalue weighted by molar-refractivity contribution is 6.30. The van der Waals surface area contributed by atoms with Crippen LogP contribution in [0.5, 0.6) is 11.5 Å². The van der Waals surface area contributed by atoms with Crippen molar-refractivity contribution in [2.75, 3.05) is 36.8 Å². The first kappa shape index (κ1) is 18.3. The van der Waals surface area contributed by atoms with E-state index in [1.54, 1.807) is 30.5 Å². The molecule has 26 heavy (non-hydrogen) atoms. The minimum absolute atomic E-state index is 0.188. The van der Waals surface area contributed by atoms with Crippen LogP contribution < -0.4 is 15.4 Å². The molecule has 0 radical (unpaired) electrons. The molecule has 0 atom stereocenters. The van der Waals surface area contributed by atoms with Crippen LogP contribution in [-0.4, -0.2) is 47.0 Å². The Bertz CT molecular complexity index is 761. The van der Waals surface area contributed by atoms with Crippen molar-refractivity contribution in [3.8, 4) is 11.5 Å². The Balaban J connectivity index is 1.74. The molecule has 0 saturated carbocycles. The first-order chi connectivity index (χ1) is 12.6. The number of carbonyl (C=O) groups is 1. The van der Waals surface area contributed by atoms with Gasteiger partial charge in [0.25, 0.3) is 0 Å². The van der Waals surface area contributed by atoms with Gasteiger partial charge in [0.05, 0.1) is 6.20 Å². The standard InChI is InChI=1S/C18H22ClN5O2/c1-2-3-16(25)23-8-10-24(11-9-23)17-15(12-21-18(20)22-17)26-14-6-4-13(19)5-7-14/h4-7,12H,2-3,8-11H2,1H3,(H2,20,21,22). The highest BCUT2D eigenvalue weighted by Crippen LogP contribution is 2.31. The molecular formula is C18H22ClN5O2. The van der Waals surface area contributed by atoms with Gasteiger partial charge in [-0.25, -0.2) is 4.98 Å². The Morgan fingerprint density at radius 2 is 1.92 bits per heavy atom. The van der Waals surface area contributed by atoms with Gasteiger partial charge in [-0.3, -0.25) is 4.79 Å². The number of nitrogens with two attached hydrogens (primary N) is 1. The van der Waals surface area contributed by atoms with E-state index in [4.69, 9.17) is 22.1 Å². The number of carbonyl (C=O) groups excluding carboxylic acids is 1. The summed E-state index contributed by atoms with van der Waals surface area (Å²) < 4.78 is 5.92. The molecule has 7 nitrogen and oxygen atoms in total. The van der Waals surface area contributed by atoms with E-state index >= 15 is 0 Å². The number of nitrogens with zero attached hydrogens (tertiary/aromatic N) is 4. The van der Waals surface area contributed by atoms with Crippen LogP contribution in [0.2, 0.25) is 5.02 Å². The third-order valence-electron chi connectivity index (χ3n) is 4.19. The molecule has 0 unspecified atom stereocenters. The molecule has 1 aromatic heterocycles. The number of hydrogen-bond acceptors (Lipinski definition) is 6. The second-order valence-electron chi connectivity index (χ2n) is 6.09. The summed E-state index contributed by atoms with van der Waals surface area (Å²) in [5, 5.41) is 0.638. The Labute approximate surface area is 157 Å². The number of anilines is 2. The lowest BCUT2D eigenvalue weighted by Gasteiger charge is -2.35. The highest BCUT2D eigenvalue weighted by atomic mass is 35.5. The molecule has 2 aromatic rings. The molecule has 3 rings (SSSR count). The van der Waals surface area contributed by atoms with Crippen LogP contribution in [0.25, 0.3) is 0 Å². The normalized spacial score (nSPS) is 14.4. The first-order valence-corrected chi connectivity index (χ1v) is 9.03. The third kappa shape index (κ3) is 4.35. The number of rotatable bonds is 5. The van der Waals surface area contributed by atoms with E-state index in [1.165, 1.54) is 0 Å². The van der Waals surface area contributed by atoms with Gasteiger partial charge in [0.2, 0.25) is 11.9 Å². The zero-order valence-electron chi connectivity index (χ0n) is 14.7. The van der Waals surface area contributed by atoms with Crippen LogP contribution in [0.1, 0.15) is 19.8 Å². The second-order valence-corrected chi connectivity index (χ2v) is 6.53. The van der Waals surface area contributed by atoms with Crippen molar-refractivity contribution < 1.29 is 9.53 Å². The lowest BCUT2D eigenvalue weighted by Crippen LogP contribution is -2.49. The maximum atomic E-state index is 12.1. The topological polar surface area (TPSA) is 84.6 Å². The van der Waals surface area contributed by atoms with Crippen molar-refractivity contribution in [1.82, 2.24) is 14.9 Å². The molecule has 0 aliphatic carbocycles. The smallest absolute Gasteiger partial charge is 0.222 e. The average molecular weight is 376 g/mol. The first-order valence-electron chi connectivity index (χ1n) is 8.65. The fraction of sp³-hybridized carbons (Fsp3) is 0.389. The van der Waals surface area contributed by atoms with Crippen molar-refractivity contribution >= 4 is 29.3 Å². The van der Waals surface area contributed by atoms with Gasteiger partial charge in [-0.05, 0) is 30.7 Å². The summed E-state index contributed by atoms with van der Waals surface area (Å²) in [5.74, 6) is 2.19. The van der Waals surface area contributed by atoms with E-state index in [0.29, 0.717) is 54.9 Å². The second kappa shape index (κ2) is 8.23. The number of piperazine rings is 1. The maximum absolute atomic E-state index is 12.1. The minimum atomic E-state index is 0.188. The predicted molar refractivity (Wildman–Crippen MR) is 102 cm³/mol. The number of nitrogen functional groups attached to an aromatic ring is 1. The summed E-state index contributed by atoms with van der Waals surface area (Å²) in [7, 11) is 0. The zero-order valence-corrected chi connectivity index (χ0v) is 15.4. The van der Waals surface area contributed by atoms with E-state index in [1.807, 2.05) is 11.8 Å². The van der Waals surface area contributed by atoms with Crippen LogP contribution >= 0.6 is 11.6 Å². The molecule has 1 fully saturated rings. The molecule has 0 bridgehead atoms. The molecule has 2 heterocycles. The SMILES string of the molecule is CCCC(=O)N1CCN(c2nc(N)ncc2Oc2ccc(Cl)cc2)CC1. The largest absolute Gasteiger partial charge is 0.452 e. The van der Waals surface area contributed by atoms with Crippen molar-refractivity contribution in [1.29, 1.82) is 0 Å². The molecule has 1 aromatic carbocycles. The number of benzene rings is 1.